The van der Waals surface area contributed by atoms with Crippen LogP contribution in [0.15, 0.2) is 78.0 Å². The van der Waals surface area contributed by atoms with E-state index in [0.29, 0.717) is 29.9 Å². The second kappa shape index (κ2) is 11.5. The van der Waals surface area contributed by atoms with Crippen LogP contribution in [0.2, 0.25) is 0 Å². The Morgan fingerprint density at radius 2 is 1.68 bits per heavy atom. The van der Waals surface area contributed by atoms with Crippen molar-refractivity contribution in [2.75, 3.05) is 6.54 Å². The van der Waals surface area contributed by atoms with Crippen molar-refractivity contribution >= 4 is 11.7 Å². The predicted octanol–water partition coefficient (Wildman–Crippen LogP) is 5.88. The SMILES string of the molecule is C/C(=N\OCc1ccc(CNCCC(=O)O)cc1)c1ccc(-c2ccccc2)c(C(F)(F)F)c1. The molecule has 8 heteroatoms. The third-order valence-corrected chi connectivity index (χ3v) is 5.13. The summed E-state index contributed by atoms with van der Waals surface area (Å²) >= 11 is 0. The Kier molecular flexibility index (Phi) is 8.43. The number of hydrogen-bond donors (Lipinski definition) is 2. The van der Waals surface area contributed by atoms with Gasteiger partial charge in [-0.05, 0) is 40.8 Å². The average Bonchev–Trinajstić information content (AvgIpc) is 2.82. The van der Waals surface area contributed by atoms with Gasteiger partial charge in [0.25, 0.3) is 0 Å². The maximum absolute atomic E-state index is 13.7. The minimum Gasteiger partial charge on any atom is -0.481 e. The Morgan fingerprint density at radius 1 is 1.00 bits per heavy atom. The minimum atomic E-state index is -4.51. The number of benzene rings is 3. The van der Waals surface area contributed by atoms with E-state index in [4.69, 9.17) is 9.94 Å². The third-order valence-electron chi connectivity index (χ3n) is 5.13. The van der Waals surface area contributed by atoms with Crippen LogP contribution in [0.3, 0.4) is 0 Å². The number of carboxylic acids is 1. The monoisotopic (exact) mass is 470 g/mol. The Bertz CT molecular complexity index is 1130. The highest BCUT2D eigenvalue weighted by atomic mass is 19.4. The number of aliphatic carboxylic acids is 1. The van der Waals surface area contributed by atoms with Crippen molar-refractivity contribution in [1.82, 2.24) is 5.32 Å². The Hall–Kier alpha value is -3.65. The molecule has 0 radical (unpaired) electrons. The highest BCUT2D eigenvalue weighted by molar-refractivity contribution is 5.99. The molecule has 0 aliphatic heterocycles. The van der Waals surface area contributed by atoms with Crippen LogP contribution in [-0.2, 0) is 29.0 Å². The molecule has 0 aliphatic rings. The van der Waals surface area contributed by atoms with Crippen molar-refractivity contribution in [2.45, 2.75) is 32.7 Å². The molecule has 0 unspecified atom stereocenters. The van der Waals surface area contributed by atoms with Gasteiger partial charge in [-0.15, -0.1) is 0 Å². The zero-order valence-electron chi connectivity index (χ0n) is 18.6. The van der Waals surface area contributed by atoms with Crippen molar-refractivity contribution in [3.63, 3.8) is 0 Å². The van der Waals surface area contributed by atoms with Gasteiger partial charge in [-0.1, -0.05) is 71.9 Å². The number of halogens is 3. The molecule has 178 valence electrons. The molecule has 0 saturated heterocycles. The number of rotatable bonds is 10. The second-order valence-electron chi connectivity index (χ2n) is 7.71. The fourth-order valence-corrected chi connectivity index (χ4v) is 3.31. The van der Waals surface area contributed by atoms with E-state index in [-0.39, 0.29) is 18.6 Å². The molecule has 0 atom stereocenters. The smallest absolute Gasteiger partial charge is 0.417 e. The van der Waals surface area contributed by atoms with Gasteiger partial charge in [0, 0.05) is 13.1 Å². The lowest BCUT2D eigenvalue weighted by Crippen LogP contribution is -2.17. The van der Waals surface area contributed by atoms with Gasteiger partial charge in [0.1, 0.15) is 6.61 Å². The number of nitrogens with zero attached hydrogens (tertiary/aromatic N) is 1. The molecule has 0 saturated carbocycles. The molecule has 3 aromatic carbocycles. The number of oxime groups is 1. The number of carbonyl (C=O) groups is 1. The maximum Gasteiger partial charge on any atom is 0.417 e. The van der Waals surface area contributed by atoms with Gasteiger partial charge < -0.3 is 15.3 Å². The molecule has 3 aromatic rings. The summed E-state index contributed by atoms with van der Waals surface area (Å²) in [7, 11) is 0. The first-order valence-electron chi connectivity index (χ1n) is 10.7. The first-order valence-corrected chi connectivity index (χ1v) is 10.7. The van der Waals surface area contributed by atoms with E-state index < -0.39 is 17.7 Å². The molecule has 0 amide bonds. The van der Waals surface area contributed by atoms with Gasteiger partial charge in [0.15, 0.2) is 0 Å². The summed E-state index contributed by atoms with van der Waals surface area (Å²) in [4.78, 5) is 15.9. The van der Waals surface area contributed by atoms with Crippen LogP contribution in [-0.4, -0.2) is 23.3 Å². The lowest BCUT2D eigenvalue weighted by atomic mass is 9.96. The zero-order valence-corrected chi connectivity index (χ0v) is 18.6. The van der Waals surface area contributed by atoms with Gasteiger partial charge in [-0.2, -0.15) is 13.2 Å². The minimum absolute atomic E-state index is 0.0583. The summed E-state index contributed by atoms with van der Waals surface area (Å²) in [5.74, 6) is -0.849. The van der Waals surface area contributed by atoms with Gasteiger partial charge in [-0.25, -0.2) is 0 Å². The molecule has 5 nitrogen and oxygen atoms in total. The molecule has 2 N–H and O–H groups in total. The van der Waals surface area contributed by atoms with Crippen LogP contribution >= 0.6 is 0 Å². The maximum atomic E-state index is 13.7. The van der Waals surface area contributed by atoms with Crippen LogP contribution in [0.5, 0.6) is 0 Å². The van der Waals surface area contributed by atoms with Gasteiger partial charge in [0.05, 0.1) is 17.7 Å². The van der Waals surface area contributed by atoms with Crippen molar-refractivity contribution in [2.24, 2.45) is 5.16 Å². The lowest BCUT2D eigenvalue weighted by Gasteiger charge is -2.15. The molecule has 0 spiro atoms. The highest BCUT2D eigenvalue weighted by Gasteiger charge is 2.34. The first kappa shape index (κ1) is 25.0. The van der Waals surface area contributed by atoms with E-state index in [1.54, 1.807) is 43.3 Å². The molecular formula is C26H25F3N2O3. The van der Waals surface area contributed by atoms with E-state index in [1.165, 1.54) is 6.07 Å². The molecule has 0 heterocycles. The predicted molar refractivity (Wildman–Crippen MR) is 124 cm³/mol. The molecule has 0 bridgehead atoms. The molecule has 0 aliphatic carbocycles. The summed E-state index contributed by atoms with van der Waals surface area (Å²) < 4.78 is 41.1. The summed E-state index contributed by atoms with van der Waals surface area (Å²) in [5.41, 5.74) is 2.39. The van der Waals surface area contributed by atoms with E-state index in [2.05, 4.69) is 10.5 Å². The normalized spacial score (nSPS) is 11.9. The fraction of sp³-hybridized carbons (Fsp3) is 0.231. The number of carboxylic acid groups (broad SMARTS) is 1. The zero-order chi connectivity index (χ0) is 24.6. The fourth-order valence-electron chi connectivity index (χ4n) is 3.31. The van der Waals surface area contributed by atoms with Crippen molar-refractivity contribution in [1.29, 1.82) is 0 Å². The van der Waals surface area contributed by atoms with E-state index >= 15 is 0 Å². The Balaban J connectivity index is 1.63. The number of alkyl halides is 3. The van der Waals surface area contributed by atoms with Gasteiger partial charge in [0.2, 0.25) is 0 Å². The quantitative estimate of drug-likeness (QED) is 0.221. The van der Waals surface area contributed by atoms with Crippen LogP contribution in [0.4, 0.5) is 13.2 Å². The summed E-state index contributed by atoms with van der Waals surface area (Å²) in [6, 6.07) is 20.1. The topological polar surface area (TPSA) is 70.9 Å². The molecule has 34 heavy (non-hydrogen) atoms. The molecule has 0 aromatic heterocycles. The molecular weight excluding hydrogens is 445 g/mol. The first-order chi connectivity index (χ1) is 16.2. The molecule has 3 rings (SSSR count). The second-order valence-corrected chi connectivity index (χ2v) is 7.71. The van der Waals surface area contributed by atoms with Crippen LogP contribution in [0.1, 0.15) is 35.6 Å². The highest BCUT2D eigenvalue weighted by Crippen LogP contribution is 2.37. The largest absolute Gasteiger partial charge is 0.481 e. The average molecular weight is 470 g/mol. The van der Waals surface area contributed by atoms with Gasteiger partial charge >= 0.3 is 12.1 Å². The lowest BCUT2D eigenvalue weighted by molar-refractivity contribution is -0.137. The van der Waals surface area contributed by atoms with Crippen molar-refractivity contribution in [3.8, 4) is 11.1 Å². The van der Waals surface area contributed by atoms with E-state index in [9.17, 15) is 18.0 Å². The van der Waals surface area contributed by atoms with E-state index in [0.717, 1.165) is 17.2 Å². The molecule has 0 fully saturated rings. The summed E-state index contributed by atoms with van der Waals surface area (Å²) in [6.07, 6.45) is -4.45. The van der Waals surface area contributed by atoms with Crippen LogP contribution in [0.25, 0.3) is 11.1 Å². The summed E-state index contributed by atoms with van der Waals surface area (Å²) in [5, 5.41) is 15.7. The summed E-state index contributed by atoms with van der Waals surface area (Å²) in [6.45, 7) is 2.70. The van der Waals surface area contributed by atoms with Crippen molar-refractivity contribution < 1.29 is 27.9 Å². The van der Waals surface area contributed by atoms with Crippen LogP contribution < -0.4 is 5.32 Å². The third kappa shape index (κ3) is 7.18. The van der Waals surface area contributed by atoms with Gasteiger partial charge in [-0.3, -0.25) is 4.79 Å². The number of hydrogen-bond acceptors (Lipinski definition) is 4. The van der Waals surface area contributed by atoms with Crippen LogP contribution in [0, 0.1) is 0 Å². The van der Waals surface area contributed by atoms with Crippen molar-refractivity contribution in [3.05, 3.63) is 95.1 Å². The Morgan fingerprint density at radius 3 is 2.32 bits per heavy atom. The standard InChI is InChI=1S/C26H25F3N2O3/c1-18(31-34-17-20-9-7-19(8-10-20)16-30-14-13-25(32)33)22-11-12-23(21-5-3-2-4-6-21)24(15-22)26(27,28)29/h2-12,15,30H,13-14,16-17H2,1H3,(H,32,33)/b31-18+. The van der Waals surface area contributed by atoms with E-state index in [1.807, 2.05) is 24.3 Å². The number of nitrogens with one attached hydrogen (secondary N) is 1. The Labute approximate surface area is 195 Å².